The third-order valence-corrected chi connectivity index (χ3v) is 17.8. The molecule has 25 N–H and O–H groups in total. The van der Waals surface area contributed by atoms with Crippen molar-refractivity contribution in [3.8, 4) is 0 Å². The van der Waals surface area contributed by atoms with Crippen molar-refractivity contribution in [1.29, 1.82) is 0 Å². The maximum absolute atomic E-state index is 13.0. The number of hydrogen-bond donors (Lipinski definition) is 25. The molecule has 562 valence electrons. The van der Waals surface area contributed by atoms with Gasteiger partial charge < -0.3 is 199 Å². The number of hydrogen-bond acceptors (Lipinski definition) is 40. The molecule has 43 heteroatoms. The molecule has 8 rings (SSSR count). The number of carbonyl (C=O) groups is 3. The van der Waals surface area contributed by atoms with Gasteiger partial charge in [0.05, 0.1) is 52.4 Å². The highest BCUT2D eigenvalue weighted by Gasteiger charge is 2.59. The summed E-state index contributed by atoms with van der Waals surface area (Å²) in [5.74, 6) is -2.60. The molecule has 8 aliphatic heterocycles. The SMILES string of the molecule is CC(=O)N[C@@H]1[C@@H](O)[C@H](O[C@@H]2O[C@H](CO)[C@@H](O[C@@H]3O[C@H](CO[C@@H]4O[C@H](CO)[C@@H](O)[C@H](O)[C@@H]4O[C@@H]4O[C@H](CO)[C@@H](O[C@@H]5O[C@H](CO)[C@H](O)[C@H](O)[C@H]5O)[C@H](O)[C@H]4NC(C)=O)[C@@H](O)[C@H](O[C@H]4O[C@H](CO)[C@@H](O)[C@H](O)[C@@H]4O)[C@@H]3O)[C@H](O)[C@H]2NC(C)=O)[C@@H](CO[C@H]2O[C@@H](C)[C@@H](O)[C@@H](O)[C@@H]2O)O[C@@H]1O. The summed E-state index contributed by atoms with van der Waals surface area (Å²) in [5, 5.41) is 247. The van der Waals surface area contributed by atoms with Crippen LogP contribution in [0.25, 0.3) is 0 Å². The molecule has 0 spiro atoms. The monoisotopic (exact) mass is 1420 g/mol. The predicted octanol–water partition coefficient (Wildman–Crippen LogP) is -17.0. The summed E-state index contributed by atoms with van der Waals surface area (Å²) >= 11 is 0. The molecule has 0 radical (unpaired) electrons. The lowest BCUT2D eigenvalue weighted by molar-refractivity contribution is -0.389. The number of nitrogens with one attached hydrogen (secondary N) is 3. The summed E-state index contributed by atoms with van der Waals surface area (Å²) in [4.78, 5) is 38.0. The smallest absolute Gasteiger partial charge is 0.217 e. The number of rotatable bonds is 24. The molecule has 0 aromatic heterocycles. The number of carbonyl (C=O) groups excluding carboxylic acids is 3. The molecular formula is C54H91N3O40. The second-order valence-corrected chi connectivity index (χ2v) is 24.6. The van der Waals surface area contributed by atoms with E-state index in [4.69, 9.17) is 71.1 Å². The average molecular weight is 1420 g/mol. The second-order valence-electron chi connectivity index (χ2n) is 24.6. The standard InChI is InChI=1S/C54H91N3O40/c1-12-26(66)34(74)38(78)50(85-12)83-11-22-44(31(71)23(47(82)86-22)55-13(2)63)93-48-24(56-14(3)64)32(72)43(20(9-62)90-48)95-53-41(81)45(96-52-40(80)36(76)28(68)17(6-59)88-52)30(70)21(92-53)10-84-54-46(37(77)29(69)18(7-60)89-54)97-49-25(57-15(4)65)33(73)42(19(8-61)91-49)94-51-39(79)35(75)27(67)16(5-58)87-51/h12,16-54,58-62,66-82H,5-11H2,1-4H3,(H,55,63)(H,56,64)(H,57,65)/t12-,16+,17+,18+,19+,20+,21+,22+,23+,24+,25+,26+,27-,28+,29+,30+,31+,32+,33+,34+,35-,36-,37-,38-,39+,40-,41-,42+,43+,44+,45-,46-,47-,48-,49-,50-,51-,52+,53-,54+/m0/s1. The van der Waals surface area contributed by atoms with Crippen LogP contribution in [0.5, 0.6) is 0 Å². The predicted molar refractivity (Wildman–Crippen MR) is 298 cm³/mol. The lowest BCUT2D eigenvalue weighted by Gasteiger charge is -2.50. The fraction of sp³-hybridized carbons (Fsp3) is 0.944. The minimum absolute atomic E-state index is 0.790. The van der Waals surface area contributed by atoms with Crippen molar-refractivity contribution in [2.45, 2.75) is 273 Å². The van der Waals surface area contributed by atoms with Crippen LogP contribution in [0.15, 0.2) is 0 Å². The maximum atomic E-state index is 13.0. The fourth-order valence-electron chi connectivity index (χ4n) is 12.4. The molecule has 0 aliphatic carbocycles. The normalized spacial score (nSPS) is 49.9. The Balaban J connectivity index is 1.07. The molecule has 0 aromatic rings. The first-order chi connectivity index (χ1) is 45.8. The minimum atomic E-state index is -2.39. The van der Waals surface area contributed by atoms with Gasteiger partial charge in [-0.3, -0.25) is 14.4 Å². The van der Waals surface area contributed by atoms with Crippen molar-refractivity contribution >= 4 is 17.7 Å². The molecule has 8 aliphatic rings. The zero-order chi connectivity index (χ0) is 71.5. The second kappa shape index (κ2) is 34.5. The number of aliphatic hydroxyl groups excluding tert-OH is 22. The van der Waals surface area contributed by atoms with Crippen molar-refractivity contribution in [2.75, 3.05) is 46.2 Å². The van der Waals surface area contributed by atoms with Crippen LogP contribution < -0.4 is 16.0 Å². The van der Waals surface area contributed by atoms with Gasteiger partial charge in [0, 0.05) is 20.8 Å². The van der Waals surface area contributed by atoms with Crippen LogP contribution in [0.3, 0.4) is 0 Å². The Morgan fingerprint density at radius 2 is 0.619 bits per heavy atom. The Bertz CT molecular complexity index is 2490. The summed E-state index contributed by atoms with van der Waals surface area (Å²) in [6.45, 7) is -2.76. The fourth-order valence-corrected chi connectivity index (χ4v) is 12.4. The first-order valence-electron chi connectivity index (χ1n) is 31.0. The van der Waals surface area contributed by atoms with Crippen molar-refractivity contribution in [3.05, 3.63) is 0 Å². The quantitative estimate of drug-likeness (QED) is 0.0427. The molecular weight excluding hydrogens is 1330 g/mol. The molecule has 8 saturated heterocycles. The van der Waals surface area contributed by atoms with E-state index in [0.29, 0.717) is 0 Å². The van der Waals surface area contributed by atoms with E-state index in [-0.39, 0.29) is 0 Å². The highest BCUT2D eigenvalue weighted by atomic mass is 16.8. The molecule has 40 atom stereocenters. The van der Waals surface area contributed by atoms with E-state index in [0.717, 1.165) is 20.8 Å². The number of ether oxygens (including phenoxy) is 15. The molecule has 8 heterocycles. The van der Waals surface area contributed by atoms with E-state index < -0.39 is 309 Å². The van der Waals surface area contributed by atoms with Crippen LogP contribution in [0.1, 0.15) is 27.7 Å². The van der Waals surface area contributed by atoms with Gasteiger partial charge in [0.2, 0.25) is 17.7 Å². The van der Waals surface area contributed by atoms with Crippen LogP contribution in [0, 0.1) is 0 Å². The minimum Gasteiger partial charge on any atom is -0.394 e. The summed E-state index contributed by atoms with van der Waals surface area (Å²) in [5.41, 5.74) is 0. The summed E-state index contributed by atoms with van der Waals surface area (Å²) in [7, 11) is 0. The Morgan fingerprint density at radius 1 is 0.289 bits per heavy atom. The van der Waals surface area contributed by atoms with Crippen molar-refractivity contribution in [1.82, 2.24) is 16.0 Å². The Labute approximate surface area is 549 Å². The van der Waals surface area contributed by atoms with Gasteiger partial charge >= 0.3 is 0 Å². The molecule has 0 aromatic carbocycles. The van der Waals surface area contributed by atoms with Crippen LogP contribution in [0.2, 0.25) is 0 Å². The molecule has 43 nitrogen and oxygen atoms in total. The first kappa shape index (κ1) is 79.6. The van der Waals surface area contributed by atoms with Gasteiger partial charge in [-0.15, -0.1) is 0 Å². The van der Waals surface area contributed by atoms with Gasteiger partial charge in [0.25, 0.3) is 0 Å². The molecule has 0 bridgehead atoms. The van der Waals surface area contributed by atoms with Crippen LogP contribution in [0.4, 0.5) is 0 Å². The third-order valence-electron chi connectivity index (χ3n) is 17.8. The lowest BCUT2D eigenvalue weighted by atomic mass is 9.93. The van der Waals surface area contributed by atoms with Crippen molar-refractivity contribution < 1.29 is 198 Å². The number of aliphatic hydroxyl groups is 22. The van der Waals surface area contributed by atoms with E-state index >= 15 is 0 Å². The van der Waals surface area contributed by atoms with E-state index in [1.54, 1.807) is 0 Å². The molecule has 97 heavy (non-hydrogen) atoms. The topological polar surface area (TPSA) is 671 Å². The van der Waals surface area contributed by atoms with Gasteiger partial charge in [-0.2, -0.15) is 0 Å². The Hall–Kier alpha value is -3.07. The Morgan fingerprint density at radius 3 is 1.08 bits per heavy atom. The van der Waals surface area contributed by atoms with Crippen molar-refractivity contribution in [2.24, 2.45) is 0 Å². The van der Waals surface area contributed by atoms with Gasteiger partial charge in [0.15, 0.2) is 50.3 Å². The van der Waals surface area contributed by atoms with E-state index in [1.807, 2.05) is 0 Å². The van der Waals surface area contributed by atoms with Gasteiger partial charge in [0.1, 0.15) is 189 Å². The molecule has 3 amide bonds. The van der Waals surface area contributed by atoms with Crippen molar-refractivity contribution in [3.63, 3.8) is 0 Å². The maximum Gasteiger partial charge on any atom is 0.217 e. The zero-order valence-electron chi connectivity index (χ0n) is 52.2. The molecule has 8 fully saturated rings. The largest absolute Gasteiger partial charge is 0.394 e. The highest BCUT2D eigenvalue weighted by Crippen LogP contribution is 2.38. The molecule has 0 saturated carbocycles. The van der Waals surface area contributed by atoms with Gasteiger partial charge in [-0.25, -0.2) is 0 Å². The lowest BCUT2D eigenvalue weighted by Crippen LogP contribution is -2.70. The van der Waals surface area contributed by atoms with E-state index in [1.165, 1.54) is 6.92 Å². The van der Waals surface area contributed by atoms with Crippen LogP contribution in [-0.2, 0) is 85.4 Å². The van der Waals surface area contributed by atoms with Gasteiger partial charge in [-0.1, -0.05) is 0 Å². The third kappa shape index (κ3) is 17.6. The highest BCUT2D eigenvalue weighted by molar-refractivity contribution is 5.74. The first-order valence-corrected chi connectivity index (χ1v) is 31.0. The number of amides is 3. The molecule has 0 unspecified atom stereocenters. The zero-order valence-corrected chi connectivity index (χ0v) is 52.2. The summed E-state index contributed by atoms with van der Waals surface area (Å²) < 4.78 is 87.6. The van der Waals surface area contributed by atoms with Crippen LogP contribution in [-0.4, -0.2) is 422 Å². The van der Waals surface area contributed by atoms with Gasteiger partial charge in [-0.05, 0) is 6.92 Å². The average Bonchev–Trinajstić information content (AvgIpc) is 0.777. The summed E-state index contributed by atoms with van der Waals surface area (Å²) in [6.07, 6.45) is -72.4. The van der Waals surface area contributed by atoms with Crippen LogP contribution >= 0.6 is 0 Å². The Kier molecular flexibility index (Phi) is 28.3. The summed E-state index contributed by atoms with van der Waals surface area (Å²) in [6, 6.07) is -5.42. The van der Waals surface area contributed by atoms with E-state index in [2.05, 4.69) is 16.0 Å². The van der Waals surface area contributed by atoms with E-state index in [9.17, 15) is 127 Å².